The first-order valence-corrected chi connectivity index (χ1v) is 9.06. The first-order valence-electron chi connectivity index (χ1n) is 8.08. The van der Waals surface area contributed by atoms with Gasteiger partial charge in [0.2, 0.25) is 0 Å². The van der Waals surface area contributed by atoms with Crippen LogP contribution in [0.2, 0.25) is 0 Å². The van der Waals surface area contributed by atoms with E-state index in [-0.39, 0.29) is 5.82 Å². The molecule has 1 saturated carbocycles. The highest BCUT2D eigenvalue weighted by Crippen LogP contribution is 2.41. The maximum atomic E-state index is 14.2. The van der Waals surface area contributed by atoms with E-state index in [4.69, 9.17) is 5.26 Å². The fourth-order valence-corrected chi connectivity index (χ4v) is 3.69. The van der Waals surface area contributed by atoms with Crippen molar-refractivity contribution in [3.63, 3.8) is 0 Å². The molecule has 0 atom stereocenters. The Balaban J connectivity index is 1.62. The molecule has 0 spiro atoms. The van der Waals surface area contributed by atoms with Gasteiger partial charge in [-0.05, 0) is 42.7 Å². The topological polar surface area (TPSA) is 54.5 Å². The zero-order valence-electron chi connectivity index (χ0n) is 13.4. The Kier molecular flexibility index (Phi) is 4.24. The van der Waals surface area contributed by atoms with Crippen LogP contribution in [0.4, 0.5) is 4.39 Å². The summed E-state index contributed by atoms with van der Waals surface area (Å²) in [7, 11) is 0. The highest BCUT2D eigenvalue weighted by Gasteiger charge is 2.30. The summed E-state index contributed by atoms with van der Waals surface area (Å²) in [6.07, 6.45) is 2.13. The normalized spacial score (nSPS) is 13.6. The van der Waals surface area contributed by atoms with Crippen LogP contribution in [-0.2, 0) is 5.75 Å². The van der Waals surface area contributed by atoms with Crippen molar-refractivity contribution in [1.82, 2.24) is 14.8 Å². The maximum Gasteiger partial charge on any atom is 0.192 e. The van der Waals surface area contributed by atoms with Crippen molar-refractivity contribution >= 4 is 11.8 Å². The van der Waals surface area contributed by atoms with Crippen LogP contribution in [0.1, 0.15) is 30.0 Å². The number of benzene rings is 2. The van der Waals surface area contributed by atoms with Crippen molar-refractivity contribution in [3.8, 4) is 17.5 Å². The highest BCUT2D eigenvalue weighted by molar-refractivity contribution is 7.98. The summed E-state index contributed by atoms with van der Waals surface area (Å²) in [5, 5.41) is 18.4. The van der Waals surface area contributed by atoms with Gasteiger partial charge in [0.05, 0.1) is 17.2 Å². The zero-order valence-corrected chi connectivity index (χ0v) is 14.2. The molecule has 124 valence electrons. The number of aromatic nitrogens is 3. The molecule has 1 aromatic heterocycles. The Hall–Kier alpha value is -2.65. The van der Waals surface area contributed by atoms with Gasteiger partial charge in [-0.25, -0.2) is 4.39 Å². The van der Waals surface area contributed by atoms with E-state index in [1.165, 1.54) is 6.07 Å². The summed E-state index contributed by atoms with van der Waals surface area (Å²) in [5.74, 6) is 1.00. The minimum Gasteiger partial charge on any atom is -0.299 e. The Bertz CT molecular complexity index is 956. The maximum absolute atomic E-state index is 14.2. The summed E-state index contributed by atoms with van der Waals surface area (Å²) in [4.78, 5) is 0. The van der Waals surface area contributed by atoms with E-state index in [1.54, 1.807) is 30.0 Å². The third kappa shape index (κ3) is 3.28. The summed E-state index contributed by atoms with van der Waals surface area (Å²) in [6.45, 7) is 0. The molecule has 3 aromatic rings. The Labute approximate surface area is 149 Å². The van der Waals surface area contributed by atoms with E-state index < -0.39 is 0 Å². The molecule has 1 aliphatic carbocycles. The lowest BCUT2D eigenvalue weighted by Gasteiger charge is -2.09. The van der Waals surface area contributed by atoms with Crippen LogP contribution in [-0.4, -0.2) is 14.8 Å². The SMILES string of the molecule is N#Cc1cccc(CSc2nnc(-c3ccccc3F)n2C2CC2)c1. The lowest BCUT2D eigenvalue weighted by Crippen LogP contribution is -2.01. The molecule has 1 aliphatic rings. The van der Waals surface area contributed by atoms with Crippen LogP contribution in [0.5, 0.6) is 0 Å². The lowest BCUT2D eigenvalue weighted by molar-refractivity contribution is 0.622. The molecule has 2 aromatic carbocycles. The van der Waals surface area contributed by atoms with E-state index in [0.29, 0.717) is 28.7 Å². The van der Waals surface area contributed by atoms with Crippen LogP contribution in [0.25, 0.3) is 11.4 Å². The molecule has 1 fully saturated rings. The predicted molar refractivity (Wildman–Crippen MR) is 94.4 cm³/mol. The van der Waals surface area contributed by atoms with E-state index in [0.717, 1.165) is 23.6 Å². The molecule has 6 heteroatoms. The van der Waals surface area contributed by atoms with Gasteiger partial charge in [-0.1, -0.05) is 36.0 Å². The molecule has 0 aliphatic heterocycles. The fraction of sp³-hybridized carbons (Fsp3) is 0.211. The van der Waals surface area contributed by atoms with Gasteiger partial charge in [-0.15, -0.1) is 10.2 Å². The minimum atomic E-state index is -0.282. The van der Waals surface area contributed by atoms with E-state index in [1.807, 2.05) is 24.3 Å². The second-order valence-corrected chi connectivity index (χ2v) is 6.93. The molecule has 0 bridgehead atoms. The molecule has 0 saturated heterocycles. The molecule has 25 heavy (non-hydrogen) atoms. The number of halogens is 1. The molecule has 1 heterocycles. The van der Waals surface area contributed by atoms with E-state index >= 15 is 0 Å². The quantitative estimate of drug-likeness (QED) is 0.632. The van der Waals surface area contributed by atoms with Gasteiger partial charge in [0.25, 0.3) is 0 Å². The van der Waals surface area contributed by atoms with Gasteiger partial charge < -0.3 is 0 Å². The molecule has 4 rings (SSSR count). The number of thioether (sulfide) groups is 1. The van der Waals surface area contributed by atoms with E-state index in [9.17, 15) is 4.39 Å². The average Bonchev–Trinajstić information content (AvgIpc) is 3.40. The molecule has 4 nitrogen and oxygen atoms in total. The van der Waals surface area contributed by atoms with Gasteiger partial charge in [0.15, 0.2) is 11.0 Å². The van der Waals surface area contributed by atoms with Gasteiger partial charge in [0, 0.05) is 11.8 Å². The van der Waals surface area contributed by atoms with Crippen LogP contribution >= 0.6 is 11.8 Å². The first-order chi connectivity index (χ1) is 12.3. The monoisotopic (exact) mass is 350 g/mol. The predicted octanol–water partition coefficient (Wildman–Crippen LogP) is 4.58. The number of hydrogen-bond acceptors (Lipinski definition) is 4. The summed E-state index contributed by atoms with van der Waals surface area (Å²) in [5.41, 5.74) is 2.19. The number of rotatable bonds is 5. The molecule has 0 unspecified atom stereocenters. The van der Waals surface area contributed by atoms with Gasteiger partial charge in [-0.2, -0.15) is 5.26 Å². The summed E-state index contributed by atoms with van der Waals surface area (Å²) in [6, 6.07) is 16.7. The lowest BCUT2D eigenvalue weighted by atomic mass is 10.2. The summed E-state index contributed by atoms with van der Waals surface area (Å²) < 4.78 is 16.2. The van der Waals surface area contributed by atoms with E-state index in [2.05, 4.69) is 20.8 Å². The standard InChI is InChI=1S/C19H15FN4S/c20-17-7-2-1-6-16(17)18-22-23-19(24(18)15-8-9-15)25-12-14-5-3-4-13(10-14)11-21/h1-7,10,15H,8-9,12H2. The second kappa shape index (κ2) is 6.69. The molecule has 0 amide bonds. The molecular formula is C19H15FN4S. The first kappa shape index (κ1) is 15.9. The summed E-state index contributed by atoms with van der Waals surface area (Å²) >= 11 is 1.57. The number of nitrogens with zero attached hydrogens (tertiary/aromatic N) is 4. The fourth-order valence-electron chi connectivity index (χ4n) is 2.74. The number of hydrogen-bond donors (Lipinski definition) is 0. The van der Waals surface area contributed by atoms with Crippen molar-refractivity contribution in [3.05, 3.63) is 65.5 Å². The minimum absolute atomic E-state index is 0.282. The number of nitriles is 1. The molecule has 0 radical (unpaired) electrons. The third-order valence-corrected chi connectivity index (χ3v) is 5.13. The van der Waals surface area contributed by atoms with Crippen molar-refractivity contribution in [2.75, 3.05) is 0 Å². The zero-order chi connectivity index (χ0) is 17.2. The van der Waals surface area contributed by atoms with Crippen molar-refractivity contribution in [2.24, 2.45) is 0 Å². The van der Waals surface area contributed by atoms with Gasteiger partial charge in [-0.3, -0.25) is 4.57 Å². The molecule has 0 N–H and O–H groups in total. The second-order valence-electron chi connectivity index (χ2n) is 5.99. The Morgan fingerprint density at radius 3 is 2.76 bits per heavy atom. The van der Waals surface area contributed by atoms with Crippen LogP contribution in [0, 0.1) is 17.1 Å². The highest BCUT2D eigenvalue weighted by atomic mass is 32.2. The third-order valence-electron chi connectivity index (χ3n) is 4.12. The Morgan fingerprint density at radius 2 is 2.00 bits per heavy atom. The van der Waals surface area contributed by atoms with Crippen molar-refractivity contribution in [1.29, 1.82) is 5.26 Å². The largest absolute Gasteiger partial charge is 0.299 e. The van der Waals surface area contributed by atoms with Crippen molar-refractivity contribution < 1.29 is 4.39 Å². The molecular weight excluding hydrogens is 335 g/mol. The van der Waals surface area contributed by atoms with Crippen LogP contribution in [0.15, 0.2) is 53.7 Å². The van der Waals surface area contributed by atoms with Crippen LogP contribution < -0.4 is 0 Å². The van der Waals surface area contributed by atoms with Gasteiger partial charge >= 0.3 is 0 Å². The smallest absolute Gasteiger partial charge is 0.192 e. The van der Waals surface area contributed by atoms with Gasteiger partial charge in [0.1, 0.15) is 5.82 Å². The average molecular weight is 350 g/mol. The van der Waals surface area contributed by atoms with Crippen molar-refractivity contribution in [2.45, 2.75) is 29.8 Å². The Morgan fingerprint density at radius 1 is 1.16 bits per heavy atom. The van der Waals surface area contributed by atoms with Crippen LogP contribution in [0.3, 0.4) is 0 Å².